The summed E-state index contributed by atoms with van der Waals surface area (Å²) >= 11 is 25.3. The average molecular weight is 487 g/mol. The van der Waals surface area contributed by atoms with Gasteiger partial charge in [0, 0.05) is 18.3 Å². The van der Waals surface area contributed by atoms with E-state index in [1.54, 1.807) is 0 Å². The molecule has 5 nitrogen and oxygen atoms in total. The summed E-state index contributed by atoms with van der Waals surface area (Å²) in [5.74, 6) is -1.06. The van der Waals surface area contributed by atoms with Crippen LogP contribution in [0, 0.1) is 17.8 Å². The molecule has 0 rings (SSSR count). The van der Waals surface area contributed by atoms with E-state index in [2.05, 4.69) is 0 Å². The number of hydrogen-bond acceptors (Lipinski definition) is 5. The number of halogens is 5. The lowest BCUT2D eigenvalue weighted by Crippen LogP contribution is -2.10. The second-order valence-electron chi connectivity index (χ2n) is 5.63. The van der Waals surface area contributed by atoms with Crippen LogP contribution >= 0.6 is 58.0 Å². The van der Waals surface area contributed by atoms with E-state index in [0.717, 1.165) is 12.8 Å². The predicted molar refractivity (Wildman–Crippen MR) is 111 cm³/mol. The highest BCUT2D eigenvalue weighted by molar-refractivity contribution is 6.73. The smallest absolute Gasteiger partial charge is 0.233 e. The summed E-state index contributed by atoms with van der Waals surface area (Å²) in [4.78, 5) is 51.3. The molecule has 0 aromatic carbocycles. The molecule has 0 aromatic rings. The van der Waals surface area contributed by atoms with Crippen molar-refractivity contribution in [3.05, 3.63) is 0 Å². The molecule has 0 N–H and O–H groups in total. The van der Waals surface area contributed by atoms with Crippen LogP contribution in [0.2, 0.25) is 0 Å². The molecule has 27 heavy (non-hydrogen) atoms. The van der Waals surface area contributed by atoms with E-state index in [1.165, 1.54) is 6.92 Å². The Morgan fingerprint density at radius 2 is 1.15 bits per heavy atom. The molecule has 0 saturated carbocycles. The molecular weight excluding hydrogens is 461 g/mol. The maximum absolute atomic E-state index is 10.6. The maximum atomic E-state index is 10.6. The van der Waals surface area contributed by atoms with Gasteiger partial charge in [-0.05, 0) is 84.2 Å². The predicted octanol–water partition coefficient (Wildman–Crippen LogP) is 5.66. The molecule has 0 heterocycles. The van der Waals surface area contributed by atoms with Gasteiger partial charge in [-0.2, -0.15) is 0 Å². The van der Waals surface area contributed by atoms with E-state index >= 15 is 0 Å². The summed E-state index contributed by atoms with van der Waals surface area (Å²) in [7, 11) is 0. The van der Waals surface area contributed by atoms with Gasteiger partial charge in [0.15, 0.2) is 0 Å². The Bertz CT molecular complexity index is 482. The third-order valence-electron chi connectivity index (χ3n) is 3.29. The van der Waals surface area contributed by atoms with Crippen molar-refractivity contribution in [2.45, 2.75) is 59.8 Å². The van der Waals surface area contributed by atoms with Gasteiger partial charge in [-0.25, -0.2) is 0 Å². The van der Waals surface area contributed by atoms with Crippen molar-refractivity contribution in [2.24, 2.45) is 17.8 Å². The fraction of sp³-hybridized carbons (Fsp3) is 0.706. The van der Waals surface area contributed by atoms with Gasteiger partial charge >= 0.3 is 0 Å². The minimum absolute atomic E-state index is 0.0432. The summed E-state index contributed by atoms with van der Waals surface area (Å²) in [5, 5.41) is -2.45. The normalized spacial score (nSPS) is 11.9. The lowest BCUT2D eigenvalue weighted by molar-refractivity contribution is -0.123. The molecule has 0 aliphatic rings. The second kappa shape index (κ2) is 19.1. The molecule has 0 saturated heterocycles. The van der Waals surface area contributed by atoms with Crippen molar-refractivity contribution in [3.63, 3.8) is 0 Å². The number of carbonyl (C=O) groups excluding carboxylic acids is 5. The molecule has 0 aliphatic carbocycles. The van der Waals surface area contributed by atoms with E-state index in [4.69, 9.17) is 58.0 Å². The van der Waals surface area contributed by atoms with E-state index in [-0.39, 0.29) is 28.7 Å². The van der Waals surface area contributed by atoms with Crippen LogP contribution in [0.5, 0.6) is 0 Å². The maximum Gasteiger partial charge on any atom is 0.233 e. The van der Waals surface area contributed by atoms with Crippen molar-refractivity contribution >= 4 is 84.2 Å². The topological polar surface area (TPSA) is 85.3 Å². The summed E-state index contributed by atoms with van der Waals surface area (Å²) in [6, 6.07) is 0. The summed E-state index contributed by atoms with van der Waals surface area (Å²) < 4.78 is 0. The van der Waals surface area contributed by atoms with E-state index in [9.17, 15) is 24.0 Å². The first-order valence-electron chi connectivity index (χ1n) is 8.27. The van der Waals surface area contributed by atoms with Crippen molar-refractivity contribution in [2.75, 3.05) is 0 Å². The van der Waals surface area contributed by atoms with Crippen LogP contribution < -0.4 is 0 Å². The van der Waals surface area contributed by atoms with E-state index in [1.807, 2.05) is 20.8 Å². The van der Waals surface area contributed by atoms with Gasteiger partial charge in [0.25, 0.3) is 0 Å². The van der Waals surface area contributed by atoms with Crippen LogP contribution in [0.15, 0.2) is 0 Å². The second-order valence-corrected chi connectivity index (χ2v) is 7.54. The van der Waals surface area contributed by atoms with Crippen LogP contribution in [-0.2, 0) is 24.0 Å². The van der Waals surface area contributed by atoms with Gasteiger partial charge < -0.3 is 0 Å². The highest BCUT2D eigenvalue weighted by atomic mass is 35.5. The van der Waals surface area contributed by atoms with Crippen molar-refractivity contribution in [1.82, 2.24) is 0 Å². The first kappa shape index (κ1) is 31.5. The number of carbonyl (C=O) groups is 5. The molecule has 0 fully saturated rings. The van der Waals surface area contributed by atoms with E-state index < -0.39 is 21.6 Å². The van der Waals surface area contributed by atoms with Crippen LogP contribution in [-0.4, -0.2) is 26.2 Å². The number of rotatable bonds is 10. The quantitative estimate of drug-likeness (QED) is 0.294. The minimum Gasteiger partial charge on any atom is -0.281 e. The van der Waals surface area contributed by atoms with E-state index in [0.29, 0.717) is 12.8 Å². The lowest BCUT2D eigenvalue weighted by Gasteiger charge is -2.06. The Hall–Kier alpha value is -0.200. The van der Waals surface area contributed by atoms with Gasteiger partial charge in [0.1, 0.15) is 5.92 Å². The van der Waals surface area contributed by atoms with Crippen LogP contribution in [0.25, 0.3) is 0 Å². The zero-order valence-electron chi connectivity index (χ0n) is 15.7. The SMILES string of the molecule is CC(C(=O)Cl)C(=O)Cl.CCC(CCC(=O)Cl)C(=O)Cl.CCCC(C)C(=O)Cl. The van der Waals surface area contributed by atoms with Gasteiger partial charge in [-0.15, -0.1) is 0 Å². The molecule has 0 aromatic heterocycles. The molecule has 10 heteroatoms. The van der Waals surface area contributed by atoms with Crippen LogP contribution in [0.1, 0.15) is 59.8 Å². The van der Waals surface area contributed by atoms with Crippen molar-refractivity contribution in [3.8, 4) is 0 Å². The van der Waals surface area contributed by atoms with Gasteiger partial charge in [0.2, 0.25) is 26.2 Å². The van der Waals surface area contributed by atoms with Gasteiger partial charge in [0.05, 0.1) is 0 Å². The molecule has 0 radical (unpaired) electrons. The molecule has 0 bridgehead atoms. The first-order chi connectivity index (χ1) is 12.3. The first-order valence-corrected chi connectivity index (χ1v) is 10.2. The fourth-order valence-corrected chi connectivity index (χ4v) is 2.14. The third-order valence-corrected chi connectivity index (χ3v) is 4.82. The van der Waals surface area contributed by atoms with Crippen LogP contribution in [0.3, 0.4) is 0 Å². The molecule has 0 amide bonds. The summed E-state index contributed by atoms with van der Waals surface area (Å²) in [6.07, 6.45) is 3.27. The zero-order chi connectivity index (χ0) is 22.2. The number of hydrogen-bond donors (Lipinski definition) is 0. The van der Waals surface area contributed by atoms with Crippen molar-refractivity contribution in [1.29, 1.82) is 0 Å². The monoisotopic (exact) mass is 484 g/mol. The Labute approximate surface area is 185 Å². The summed E-state index contributed by atoms with van der Waals surface area (Å²) in [5.41, 5.74) is 0. The van der Waals surface area contributed by atoms with Gasteiger partial charge in [-0.1, -0.05) is 27.2 Å². The van der Waals surface area contributed by atoms with Crippen molar-refractivity contribution < 1.29 is 24.0 Å². The van der Waals surface area contributed by atoms with Crippen LogP contribution in [0.4, 0.5) is 0 Å². The molecule has 0 spiro atoms. The Morgan fingerprint density at radius 1 is 0.704 bits per heavy atom. The zero-order valence-corrected chi connectivity index (χ0v) is 19.5. The minimum atomic E-state index is -0.877. The molecule has 2 unspecified atom stereocenters. The molecule has 2 atom stereocenters. The lowest BCUT2D eigenvalue weighted by atomic mass is 10.0. The highest BCUT2D eigenvalue weighted by Gasteiger charge is 2.16. The Kier molecular flexibility index (Phi) is 22.3. The molecular formula is C17H25Cl5O5. The Balaban J connectivity index is -0.000000327. The molecule has 158 valence electrons. The largest absolute Gasteiger partial charge is 0.281 e. The van der Waals surface area contributed by atoms with Gasteiger partial charge in [-0.3, -0.25) is 24.0 Å². The third kappa shape index (κ3) is 22.0. The highest BCUT2D eigenvalue weighted by Crippen LogP contribution is 2.15. The Morgan fingerprint density at radius 3 is 1.30 bits per heavy atom. The standard InChI is InChI=1S/C7H10Cl2O2.C6H11ClO.C4H4Cl2O2/c1-2-5(7(9)11)3-4-6(8)10;1-3-4-5(2)6(7)8;1-2(3(5)7)4(6)8/h5H,2-4H2,1H3;5H,3-4H2,1-2H3;2H,1H3. The fourth-order valence-electron chi connectivity index (χ4n) is 1.40. The average Bonchev–Trinajstić information content (AvgIpc) is 2.55. The molecule has 0 aliphatic heterocycles. The summed E-state index contributed by atoms with van der Waals surface area (Å²) in [6.45, 7) is 7.09.